The Morgan fingerprint density at radius 2 is 1.76 bits per heavy atom. The minimum absolute atomic E-state index is 0.622. The van der Waals surface area contributed by atoms with Crippen molar-refractivity contribution in [2.24, 2.45) is 0 Å². The van der Waals surface area contributed by atoms with Gasteiger partial charge >= 0.3 is 0 Å². The molecule has 3 rings (SSSR count). The van der Waals surface area contributed by atoms with E-state index in [1.54, 1.807) is 0 Å². The monoisotopic (exact) mass is 284 g/mol. The molecule has 0 spiro atoms. The van der Waals surface area contributed by atoms with Crippen LogP contribution < -0.4 is 4.90 Å². The Balaban J connectivity index is 1.79. The molecule has 2 heterocycles. The molecule has 112 valence electrons. The zero-order valence-electron chi connectivity index (χ0n) is 13.0. The molecule has 1 saturated heterocycles. The molecule has 0 amide bonds. The lowest BCUT2D eigenvalue weighted by Crippen LogP contribution is -2.53. The summed E-state index contributed by atoms with van der Waals surface area (Å²) in [4.78, 5) is 14.4. The molecule has 4 nitrogen and oxygen atoms in total. The third-order valence-corrected chi connectivity index (χ3v) is 4.30. The van der Waals surface area contributed by atoms with Gasteiger partial charge in [-0.2, -0.15) is 0 Å². The van der Waals surface area contributed by atoms with Crippen LogP contribution in [0.1, 0.15) is 26.7 Å². The van der Waals surface area contributed by atoms with E-state index in [0.717, 1.165) is 37.0 Å². The fourth-order valence-corrected chi connectivity index (χ4v) is 3.14. The van der Waals surface area contributed by atoms with E-state index in [0.29, 0.717) is 6.04 Å². The van der Waals surface area contributed by atoms with Crippen molar-refractivity contribution < 1.29 is 0 Å². The molecule has 1 fully saturated rings. The van der Waals surface area contributed by atoms with Crippen LogP contribution in [0.15, 0.2) is 30.3 Å². The van der Waals surface area contributed by atoms with E-state index in [1.807, 2.05) is 30.3 Å². The van der Waals surface area contributed by atoms with Crippen molar-refractivity contribution in [3.05, 3.63) is 30.3 Å². The number of piperazine rings is 1. The number of fused-ring (bicyclic) bond motifs is 1. The Bertz CT molecular complexity index is 526. The largest absolute Gasteiger partial charge is 0.338 e. The van der Waals surface area contributed by atoms with Gasteiger partial charge in [-0.3, -0.25) is 4.90 Å². The van der Waals surface area contributed by atoms with Crippen molar-refractivity contribution in [3.63, 3.8) is 0 Å². The van der Waals surface area contributed by atoms with Crippen LogP contribution in [0.3, 0.4) is 0 Å². The summed E-state index contributed by atoms with van der Waals surface area (Å²) in [7, 11) is 0. The summed E-state index contributed by atoms with van der Waals surface area (Å²) in [6.07, 6.45) is 2.41. The van der Waals surface area contributed by atoms with E-state index >= 15 is 0 Å². The van der Waals surface area contributed by atoms with Crippen molar-refractivity contribution in [2.75, 3.05) is 31.1 Å². The first kappa shape index (κ1) is 14.3. The van der Waals surface area contributed by atoms with Gasteiger partial charge in [0.05, 0.1) is 11.4 Å². The fourth-order valence-electron chi connectivity index (χ4n) is 3.14. The first-order valence-electron chi connectivity index (χ1n) is 8.03. The van der Waals surface area contributed by atoms with Gasteiger partial charge in [0.15, 0.2) is 0 Å². The van der Waals surface area contributed by atoms with E-state index in [2.05, 4.69) is 23.6 Å². The lowest BCUT2D eigenvalue weighted by molar-refractivity contribution is 0.171. The van der Waals surface area contributed by atoms with E-state index in [1.165, 1.54) is 19.4 Å². The molecule has 3 aliphatic rings. The molecule has 0 radical (unpaired) electrons. The van der Waals surface area contributed by atoms with Crippen LogP contribution in [0.5, 0.6) is 0 Å². The van der Waals surface area contributed by atoms with Crippen molar-refractivity contribution >= 4 is 5.95 Å². The molecular formula is C17H24N4. The summed E-state index contributed by atoms with van der Waals surface area (Å²) in [5.74, 6) is 0.894. The Morgan fingerprint density at radius 3 is 2.38 bits per heavy atom. The van der Waals surface area contributed by atoms with Crippen molar-refractivity contribution in [2.45, 2.75) is 32.7 Å². The number of nitrogens with zero attached hydrogens (tertiary/aromatic N) is 4. The average Bonchev–Trinajstić information content (AvgIpc) is 2.79. The maximum Gasteiger partial charge on any atom is 0.226 e. The molecule has 4 heteroatoms. The highest BCUT2D eigenvalue weighted by molar-refractivity contribution is 5.60. The molecule has 1 aliphatic carbocycles. The van der Waals surface area contributed by atoms with Gasteiger partial charge < -0.3 is 4.90 Å². The highest BCUT2D eigenvalue weighted by atomic mass is 15.3. The standard InChI is InChI=1S/C17H24N4/c1-3-10-20-11-12-21(13-14(20)4-2)17-18-15-8-6-5-7-9-16(15)19-17/h5-9,14H,3-4,10-13H2,1-2H3. The maximum atomic E-state index is 4.71. The molecule has 0 N–H and O–H groups in total. The molecule has 1 unspecified atom stereocenters. The number of rotatable bonds is 4. The summed E-state index contributed by atoms with van der Waals surface area (Å²) in [6, 6.07) is 10.8. The van der Waals surface area contributed by atoms with E-state index in [9.17, 15) is 0 Å². The molecule has 0 aromatic heterocycles. The Labute approximate surface area is 127 Å². The van der Waals surface area contributed by atoms with Gasteiger partial charge in [0.1, 0.15) is 0 Å². The summed E-state index contributed by atoms with van der Waals surface area (Å²) in [5, 5.41) is 0. The maximum absolute atomic E-state index is 4.71. The second kappa shape index (κ2) is 6.39. The van der Waals surface area contributed by atoms with Crippen molar-refractivity contribution in [1.82, 2.24) is 14.9 Å². The van der Waals surface area contributed by atoms with Gasteiger partial charge in [-0.25, -0.2) is 9.97 Å². The number of aromatic nitrogens is 2. The van der Waals surface area contributed by atoms with Crippen LogP contribution in [0.25, 0.3) is 11.4 Å². The summed E-state index contributed by atoms with van der Waals surface area (Å²) in [6.45, 7) is 8.92. The minimum Gasteiger partial charge on any atom is -0.338 e. The summed E-state index contributed by atoms with van der Waals surface area (Å²) >= 11 is 0. The number of anilines is 1. The zero-order valence-corrected chi connectivity index (χ0v) is 13.0. The van der Waals surface area contributed by atoms with Crippen LogP contribution in [0, 0.1) is 0 Å². The van der Waals surface area contributed by atoms with Crippen LogP contribution in [-0.4, -0.2) is 47.1 Å². The van der Waals surface area contributed by atoms with Crippen molar-refractivity contribution in [3.8, 4) is 11.4 Å². The molecule has 1 atom stereocenters. The van der Waals surface area contributed by atoms with E-state index < -0.39 is 0 Å². The third-order valence-electron chi connectivity index (χ3n) is 4.30. The lowest BCUT2D eigenvalue weighted by atomic mass is 10.1. The normalized spacial score (nSPS) is 20.1. The first-order valence-corrected chi connectivity index (χ1v) is 8.03. The number of hydrogen-bond donors (Lipinski definition) is 0. The minimum atomic E-state index is 0.622. The van der Waals surface area contributed by atoms with Gasteiger partial charge in [0, 0.05) is 25.7 Å². The van der Waals surface area contributed by atoms with E-state index in [4.69, 9.17) is 9.97 Å². The van der Waals surface area contributed by atoms with Crippen molar-refractivity contribution in [1.29, 1.82) is 0 Å². The summed E-state index contributed by atoms with van der Waals surface area (Å²) < 4.78 is 0. The third kappa shape index (κ3) is 3.00. The average molecular weight is 284 g/mol. The molecule has 2 aliphatic heterocycles. The predicted octanol–water partition coefficient (Wildman–Crippen LogP) is 2.89. The molecule has 0 bridgehead atoms. The zero-order chi connectivity index (χ0) is 14.7. The first-order chi connectivity index (χ1) is 10.3. The molecular weight excluding hydrogens is 260 g/mol. The fraction of sp³-hybridized carbons (Fsp3) is 0.529. The van der Waals surface area contributed by atoms with E-state index in [-0.39, 0.29) is 0 Å². The second-order valence-electron chi connectivity index (χ2n) is 5.75. The highest BCUT2D eigenvalue weighted by Gasteiger charge is 2.27. The molecule has 0 aromatic rings. The lowest BCUT2D eigenvalue weighted by Gasteiger charge is -2.40. The van der Waals surface area contributed by atoms with Crippen LogP contribution in [0.2, 0.25) is 0 Å². The quantitative estimate of drug-likeness (QED) is 0.864. The van der Waals surface area contributed by atoms with Gasteiger partial charge in [-0.15, -0.1) is 0 Å². The van der Waals surface area contributed by atoms with Crippen LogP contribution in [-0.2, 0) is 0 Å². The Hall–Kier alpha value is -1.68. The smallest absolute Gasteiger partial charge is 0.226 e. The summed E-state index contributed by atoms with van der Waals surface area (Å²) in [5.41, 5.74) is 1.97. The Morgan fingerprint density at radius 1 is 1.05 bits per heavy atom. The highest BCUT2D eigenvalue weighted by Crippen LogP contribution is 2.24. The molecule has 21 heavy (non-hydrogen) atoms. The van der Waals surface area contributed by atoms with Gasteiger partial charge in [0.2, 0.25) is 5.95 Å². The number of imidazole rings is 1. The SMILES string of the molecule is CCCN1CCN(c2nc3cccccc-3n2)CC1CC. The van der Waals surface area contributed by atoms with Gasteiger partial charge in [-0.1, -0.05) is 32.0 Å². The Kier molecular flexibility index (Phi) is 4.34. The molecule has 0 aromatic carbocycles. The number of hydrogen-bond acceptors (Lipinski definition) is 4. The second-order valence-corrected chi connectivity index (χ2v) is 5.75. The van der Waals surface area contributed by atoms with Crippen LogP contribution in [0.4, 0.5) is 5.95 Å². The van der Waals surface area contributed by atoms with Crippen LogP contribution >= 0.6 is 0 Å². The van der Waals surface area contributed by atoms with Gasteiger partial charge in [-0.05, 0) is 31.5 Å². The predicted molar refractivity (Wildman–Crippen MR) is 86.8 cm³/mol. The molecule has 0 saturated carbocycles. The topological polar surface area (TPSA) is 32.3 Å². The van der Waals surface area contributed by atoms with Gasteiger partial charge in [0.25, 0.3) is 0 Å².